The van der Waals surface area contributed by atoms with E-state index in [0.29, 0.717) is 13.0 Å². The van der Waals surface area contributed by atoms with Crippen LogP contribution in [0.25, 0.3) is 0 Å². The first-order valence-corrected chi connectivity index (χ1v) is 6.29. The average Bonchev–Trinajstić information content (AvgIpc) is 2.70. The summed E-state index contributed by atoms with van der Waals surface area (Å²) in [6.07, 6.45) is 2.44. The normalized spacial score (nSPS) is 17.4. The van der Waals surface area contributed by atoms with E-state index in [9.17, 15) is 4.79 Å². The summed E-state index contributed by atoms with van der Waals surface area (Å²) in [6, 6.07) is 6.19. The molecular formula is C14H20N2O2. The lowest BCUT2D eigenvalue weighted by atomic mass is 10.1. The summed E-state index contributed by atoms with van der Waals surface area (Å²) in [7, 11) is 3.50. The summed E-state index contributed by atoms with van der Waals surface area (Å²) in [5.41, 5.74) is 8.48. The zero-order valence-corrected chi connectivity index (χ0v) is 11.0. The lowest BCUT2D eigenvalue weighted by Gasteiger charge is -2.12. The predicted octanol–water partition coefficient (Wildman–Crippen LogP) is 1.49. The molecule has 1 aromatic carbocycles. The van der Waals surface area contributed by atoms with E-state index in [2.05, 4.69) is 0 Å². The van der Waals surface area contributed by atoms with Crippen molar-refractivity contribution >= 4 is 5.91 Å². The van der Waals surface area contributed by atoms with Crippen molar-refractivity contribution in [2.24, 2.45) is 5.73 Å². The molecule has 0 aliphatic heterocycles. The highest BCUT2D eigenvalue weighted by molar-refractivity contribution is 5.75. The van der Waals surface area contributed by atoms with Crippen LogP contribution in [0.4, 0.5) is 0 Å². The van der Waals surface area contributed by atoms with Gasteiger partial charge >= 0.3 is 0 Å². The monoisotopic (exact) mass is 248 g/mol. The lowest BCUT2D eigenvalue weighted by Crippen LogP contribution is -2.23. The molecule has 4 heteroatoms. The number of nitrogens with two attached hydrogens (primary N) is 1. The number of benzene rings is 1. The van der Waals surface area contributed by atoms with Gasteiger partial charge in [-0.05, 0) is 36.1 Å². The Kier molecular flexibility index (Phi) is 3.87. The fraction of sp³-hybridized carbons (Fsp3) is 0.500. The molecule has 2 N–H and O–H groups in total. The van der Waals surface area contributed by atoms with Crippen molar-refractivity contribution < 1.29 is 9.53 Å². The zero-order chi connectivity index (χ0) is 13.1. The maximum atomic E-state index is 11.4. The van der Waals surface area contributed by atoms with Crippen molar-refractivity contribution in [3.05, 3.63) is 29.3 Å². The SMILES string of the molecule is CN(C)C(=O)CCOc1ccc2c(c1)CCC2N. The van der Waals surface area contributed by atoms with Crippen molar-refractivity contribution in [1.82, 2.24) is 4.90 Å². The van der Waals surface area contributed by atoms with Gasteiger partial charge in [-0.2, -0.15) is 0 Å². The molecule has 2 rings (SSSR count). The highest BCUT2D eigenvalue weighted by Gasteiger charge is 2.19. The van der Waals surface area contributed by atoms with E-state index in [-0.39, 0.29) is 11.9 Å². The lowest BCUT2D eigenvalue weighted by molar-refractivity contribution is -0.129. The van der Waals surface area contributed by atoms with Gasteiger partial charge in [-0.1, -0.05) is 6.07 Å². The number of hydrogen-bond acceptors (Lipinski definition) is 3. The molecule has 0 heterocycles. The smallest absolute Gasteiger partial charge is 0.225 e. The first-order valence-electron chi connectivity index (χ1n) is 6.29. The molecule has 0 aromatic heterocycles. The highest BCUT2D eigenvalue weighted by Crippen LogP contribution is 2.31. The van der Waals surface area contributed by atoms with Gasteiger partial charge in [-0.3, -0.25) is 4.79 Å². The van der Waals surface area contributed by atoms with E-state index < -0.39 is 0 Å². The van der Waals surface area contributed by atoms with Gasteiger partial charge < -0.3 is 15.4 Å². The Morgan fingerprint density at radius 1 is 1.50 bits per heavy atom. The van der Waals surface area contributed by atoms with Crippen molar-refractivity contribution in [3.63, 3.8) is 0 Å². The molecule has 1 atom stereocenters. The average molecular weight is 248 g/mol. The molecule has 0 saturated heterocycles. The number of carbonyl (C=O) groups is 1. The van der Waals surface area contributed by atoms with E-state index in [1.807, 2.05) is 18.2 Å². The molecule has 4 nitrogen and oxygen atoms in total. The van der Waals surface area contributed by atoms with Crippen molar-refractivity contribution in [2.45, 2.75) is 25.3 Å². The van der Waals surface area contributed by atoms with Crippen LogP contribution in [0.2, 0.25) is 0 Å². The topological polar surface area (TPSA) is 55.6 Å². The first-order chi connectivity index (χ1) is 8.58. The quantitative estimate of drug-likeness (QED) is 0.878. The molecule has 0 radical (unpaired) electrons. The fourth-order valence-corrected chi connectivity index (χ4v) is 2.20. The predicted molar refractivity (Wildman–Crippen MR) is 70.5 cm³/mol. The molecule has 1 aliphatic carbocycles. The van der Waals surface area contributed by atoms with E-state index in [1.54, 1.807) is 19.0 Å². The second kappa shape index (κ2) is 5.40. The number of fused-ring (bicyclic) bond motifs is 1. The Labute approximate surface area is 108 Å². The van der Waals surface area contributed by atoms with Crippen LogP contribution < -0.4 is 10.5 Å². The van der Waals surface area contributed by atoms with Gasteiger partial charge in [0.25, 0.3) is 0 Å². The standard InChI is InChI=1S/C14H20N2O2/c1-16(2)14(17)7-8-18-11-4-5-12-10(9-11)3-6-13(12)15/h4-5,9,13H,3,6-8,15H2,1-2H3. The Morgan fingerprint density at radius 2 is 2.28 bits per heavy atom. The van der Waals surface area contributed by atoms with Crippen LogP contribution in [0, 0.1) is 0 Å². The number of ether oxygens (including phenoxy) is 1. The van der Waals surface area contributed by atoms with Crippen LogP contribution in [0.1, 0.15) is 30.0 Å². The summed E-state index contributed by atoms with van der Waals surface area (Å²) >= 11 is 0. The third-order valence-corrected chi connectivity index (χ3v) is 3.32. The van der Waals surface area contributed by atoms with Crippen molar-refractivity contribution in [2.75, 3.05) is 20.7 Å². The molecule has 1 aromatic rings. The molecule has 18 heavy (non-hydrogen) atoms. The Morgan fingerprint density at radius 3 is 3.00 bits per heavy atom. The molecule has 0 spiro atoms. The van der Waals surface area contributed by atoms with Gasteiger partial charge in [0, 0.05) is 20.1 Å². The largest absolute Gasteiger partial charge is 0.493 e. The first kappa shape index (κ1) is 12.9. The molecule has 1 amide bonds. The van der Waals surface area contributed by atoms with E-state index in [4.69, 9.17) is 10.5 Å². The summed E-state index contributed by atoms with van der Waals surface area (Å²) in [5.74, 6) is 0.910. The van der Waals surface area contributed by atoms with E-state index in [1.165, 1.54) is 11.1 Å². The summed E-state index contributed by atoms with van der Waals surface area (Å²) < 4.78 is 5.60. The molecule has 1 unspecified atom stereocenters. The number of amides is 1. The fourth-order valence-electron chi connectivity index (χ4n) is 2.20. The second-order valence-electron chi connectivity index (χ2n) is 4.89. The molecule has 98 valence electrons. The van der Waals surface area contributed by atoms with Crippen LogP contribution >= 0.6 is 0 Å². The molecule has 1 aliphatic rings. The van der Waals surface area contributed by atoms with Gasteiger partial charge in [-0.15, -0.1) is 0 Å². The van der Waals surface area contributed by atoms with Crippen LogP contribution in [0.3, 0.4) is 0 Å². The van der Waals surface area contributed by atoms with Gasteiger partial charge in [0.1, 0.15) is 5.75 Å². The number of carbonyl (C=O) groups excluding carboxylic acids is 1. The summed E-state index contributed by atoms with van der Waals surface area (Å²) in [6.45, 7) is 0.419. The van der Waals surface area contributed by atoms with Gasteiger partial charge in [-0.25, -0.2) is 0 Å². The van der Waals surface area contributed by atoms with Crippen molar-refractivity contribution in [3.8, 4) is 5.75 Å². The number of rotatable bonds is 4. The zero-order valence-electron chi connectivity index (χ0n) is 11.0. The van der Waals surface area contributed by atoms with Gasteiger partial charge in [0.15, 0.2) is 0 Å². The second-order valence-corrected chi connectivity index (χ2v) is 4.89. The van der Waals surface area contributed by atoms with Crippen LogP contribution in [-0.4, -0.2) is 31.5 Å². The van der Waals surface area contributed by atoms with E-state index in [0.717, 1.165) is 18.6 Å². The summed E-state index contributed by atoms with van der Waals surface area (Å²) in [5, 5.41) is 0. The summed E-state index contributed by atoms with van der Waals surface area (Å²) in [4.78, 5) is 13.0. The Hall–Kier alpha value is -1.55. The molecule has 0 bridgehead atoms. The molecule has 0 saturated carbocycles. The third kappa shape index (κ3) is 2.82. The minimum Gasteiger partial charge on any atom is -0.493 e. The number of aryl methyl sites for hydroxylation is 1. The van der Waals surface area contributed by atoms with Crippen LogP contribution in [-0.2, 0) is 11.2 Å². The maximum Gasteiger partial charge on any atom is 0.225 e. The van der Waals surface area contributed by atoms with Gasteiger partial charge in [0.05, 0.1) is 13.0 Å². The van der Waals surface area contributed by atoms with E-state index >= 15 is 0 Å². The van der Waals surface area contributed by atoms with Crippen LogP contribution in [0.15, 0.2) is 18.2 Å². The molecular weight excluding hydrogens is 228 g/mol. The minimum atomic E-state index is 0.0817. The Bertz CT molecular complexity index is 443. The Balaban J connectivity index is 1.90. The highest BCUT2D eigenvalue weighted by atomic mass is 16.5. The minimum absolute atomic E-state index is 0.0817. The maximum absolute atomic E-state index is 11.4. The van der Waals surface area contributed by atoms with Crippen molar-refractivity contribution in [1.29, 1.82) is 0 Å². The number of nitrogens with zero attached hydrogens (tertiary/aromatic N) is 1. The molecule has 0 fully saturated rings. The number of hydrogen-bond donors (Lipinski definition) is 1. The third-order valence-electron chi connectivity index (χ3n) is 3.32. The van der Waals surface area contributed by atoms with Gasteiger partial charge in [0.2, 0.25) is 5.91 Å². The van der Waals surface area contributed by atoms with Crippen LogP contribution in [0.5, 0.6) is 5.75 Å².